The number of carbonyl (C=O) groups is 1. The average molecular weight is 271 g/mol. The van der Waals surface area contributed by atoms with Gasteiger partial charge in [-0.2, -0.15) is 0 Å². The largest absolute Gasteiger partial charge is 0.394 e. The Morgan fingerprint density at radius 2 is 2.11 bits per heavy atom. The van der Waals surface area contributed by atoms with Crippen LogP contribution >= 0.6 is 11.8 Å². The van der Waals surface area contributed by atoms with Gasteiger partial charge in [-0.3, -0.25) is 4.79 Å². The lowest BCUT2D eigenvalue weighted by molar-refractivity contribution is 0.0799. The summed E-state index contributed by atoms with van der Waals surface area (Å²) in [7, 11) is 0. The Morgan fingerprint density at radius 1 is 1.44 bits per heavy atom. The van der Waals surface area contributed by atoms with Crippen LogP contribution in [-0.2, 0) is 0 Å². The zero-order valence-electron chi connectivity index (χ0n) is 10.6. The molecule has 0 aliphatic rings. The van der Waals surface area contributed by atoms with Gasteiger partial charge in [0.1, 0.15) is 10.9 Å². The second kappa shape index (κ2) is 6.67. The van der Waals surface area contributed by atoms with E-state index in [2.05, 4.69) is 15.3 Å². The zero-order valence-corrected chi connectivity index (χ0v) is 11.4. The summed E-state index contributed by atoms with van der Waals surface area (Å²) in [6, 6.07) is 0. The number of nitrogens with one attached hydrogen (secondary N) is 1. The first-order valence-corrected chi connectivity index (χ1v) is 6.68. The van der Waals surface area contributed by atoms with Crippen LogP contribution in [0.1, 0.15) is 21.9 Å². The highest BCUT2D eigenvalue weighted by Crippen LogP contribution is 2.20. The van der Waals surface area contributed by atoms with E-state index >= 15 is 0 Å². The van der Waals surface area contributed by atoms with Gasteiger partial charge in [-0.05, 0) is 20.1 Å². The number of hydrogen-bond donors (Lipinski definition) is 3. The van der Waals surface area contributed by atoms with Crippen molar-refractivity contribution in [1.82, 2.24) is 15.3 Å². The number of rotatable bonds is 5. The highest BCUT2D eigenvalue weighted by molar-refractivity contribution is 7.98. The van der Waals surface area contributed by atoms with Crippen LogP contribution in [0.4, 0.5) is 0 Å². The van der Waals surface area contributed by atoms with Crippen LogP contribution < -0.4 is 5.32 Å². The molecule has 1 rings (SSSR count). The number of nitrogens with zero attached hydrogens (tertiary/aromatic N) is 2. The quantitative estimate of drug-likeness (QED) is 0.511. The van der Waals surface area contributed by atoms with Crippen LogP contribution in [0, 0.1) is 13.8 Å². The minimum atomic E-state index is -0.960. The summed E-state index contributed by atoms with van der Waals surface area (Å²) >= 11 is 1.37. The number of aryl methyl sites for hydroxylation is 2. The van der Waals surface area contributed by atoms with Gasteiger partial charge < -0.3 is 15.5 Å². The smallest absolute Gasteiger partial charge is 0.255 e. The zero-order chi connectivity index (χ0) is 13.7. The number of carbonyl (C=O) groups excluding carboxylic acids is 1. The number of hydrogen-bond acceptors (Lipinski definition) is 6. The maximum Gasteiger partial charge on any atom is 0.255 e. The summed E-state index contributed by atoms with van der Waals surface area (Å²) in [6.07, 6.45) is 0.874. The first-order chi connectivity index (χ1) is 8.49. The molecule has 0 spiro atoms. The van der Waals surface area contributed by atoms with E-state index in [9.17, 15) is 9.90 Å². The first-order valence-electron chi connectivity index (χ1n) is 5.46. The molecule has 1 aromatic heterocycles. The van der Waals surface area contributed by atoms with Crippen molar-refractivity contribution in [2.75, 3.05) is 19.4 Å². The second-order valence-corrected chi connectivity index (χ2v) is 4.58. The molecule has 0 saturated heterocycles. The van der Waals surface area contributed by atoms with E-state index in [4.69, 9.17) is 5.11 Å². The molecule has 1 atom stereocenters. The molecule has 0 radical (unpaired) electrons. The van der Waals surface area contributed by atoms with Crippen LogP contribution in [0.15, 0.2) is 5.03 Å². The van der Waals surface area contributed by atoms with Gasteiger partial charge in [0.05, 0.1) is 24.0 Å². The molecule has 100 valence electrons. The van der Waals surface area contributed by atoms with Gasteiger partial charge in [-0.15, -0.1) is 11.8 Å². The Labute approximate surface area is 110 Å². The molecule has 1 aromatic rings. The van der Waals surface area contributed by atoms with Crippen molar-refractivity contribution in [2.24, 2.45) is 0 Å². The van der Waals surface area contributed by atoms with E-state index in [1.54, 1.807) is 13.8 Å². The lowest BCUT2D eigenvalue weighted by Crippen LogP contribution is -2.34. The van der Waals surface area contributed by atoms with Crippen LogP contribution in [0.5, 0.6) is 0 Å². The predicted octanol–water partition coefficient (Wildman–Crippen LogP) is -0.102. The van der Waals surface area contributed by atoms with E-state index in [1.165, 1.54) is 11.8 Å². The maximum atomic E-state index is 12.0. The molecule has 18 heavy (non-hydrogen) atoms. The summed E-state index contributed by atoms with van der Waals surface area (Å²) in [4.78, 5) is 20.3. The number of amides is 1. The molecule has 0 fully saturated rings. The number of aliphatic hydroxyl groups is 2. The molecule has 0 aromatic carbocycles. The second-order valence-electron chi connectivity index (χ2n) is 3.79. The molecule has 0 bridgehead atoms. The van der Waals surface area contributed by atoms with Gasteiger partial charge in [0.25, 0.3) is 5.91 Å². The lowest BCUT2D eigenvalue weighted by atomic mass is 10.2. The summed E-state index contributed by atoms with van der Waals surface area (Å²) in [5, 5.41) is 21.0. The van der Waals surface area contributed by atoms with Crippen LogP contribution in [0.3, 0.4) is 0 Å². The average Bonchev–Trinajstić information content (AvgIpc) is 2.34. The van der Waals surface area contributed by atoms with Gasteiger partial charge >= 0.3 is 0 Å². The Morgan fingerprint density at radius 3 is 2.67 bits per heavy atom. The summed E-state index contributed by atoms with van der Waals surface area (Å²) in [5.74, 6) is 0.271. The standard InChI is InChI=1S/C11H17N3O3S/c1-6-9(10(17)12-4-8(16)5-15)11(18-3)14-7(2)13-6/h8,15-16H,4-5H2,1-3H3,(H,12,17). The van der Waals surface area contributed by atoms with Crippen molar-refractivity contribution in [3.8, 4) is 0 Å². The predicted molar refractivity (Wildman–Crippen MR) is 68.7 cm³/mol. The fraction of sp³-hybridized carbons (Fsp3) is 0.545. The van der Waals surface area contributed by atoms with Crippen molar-refractivity contribution in [3.63, 3.8) is 0 Å². The third-order valence-electron chi connectivity index (χ3n) is 2.30. The van der Waals surface area contributed by atoms with Crippen LogP contribution in [0.25, 0.3) is 0 Å². The maximum absolute atomic E-state index is 12.0. The minimum Gasteiger partial charge on any atom is -0.394 e. The van der Waals surface area contributed by atoms with Crippen LogP contribution in [0.2, 0.25) is 0 Å². The highest BCUT2D eigenvalue weighted by atomic mass is 32.2. The molecule has 0 aliphatic carbocycles. The van der Waals surface area contributed by atoms with E-state index in [-0.39, 0.29) is 19.1 Å². The van der Waals surface area contributed by atoms with Crippen molar-refractivity contribution in [2.45, 2.75) is 25.0 Å². The summed E-state index contributed by atoms with van der Waals surface area (Å²) in [6.45, 7) is 3.12. The number of aromatic nitrogens is 2. The summed E-state index contributed by atoms with van der Waals surface area (Å²) in [5.41, 5.74) is 1.01. The van der Waals surface area contributed by atoms with Crippen molar-refractivity contribution < 1.29 is 15.0 Å². The van der Waals surface area contributed by atoms with Crippen molar-refractivity contribution in [3.05, 3.63) is 17.1 Å². The third-order valence-corrected chi connectivity index (χ3v) is 2.98. The Kier molecular flexibility index (Phi) is 5.52. The van der Waals surface area contributed by atoms with Gasteiger partial charge in [-0.25, -0.2) is 9.97 Å². The number of thioether (sulfide) groups is 1. The van der Waals surface area contributed by atoms with Gasteiger partial charge in [0, 0.05) is 6.54 Å². The normalized spacial score (nSPS) is 12.3. The first kappa shape index (κ1) is 14.9. The topological polar surface area (TPSA) is 95.3 Å². The molecular weight excluding hydrogens is 254 g/mol. The SMILES string of the molecule is CSc1nc(C)nc(C)c1C(=O)NCC(O)CO. The highest BCUT2D eigenvalue weighted by Gasteiger charge is 2.17. The molecule has 0 aliphatic heterocycles. The number of aliphatic hydroxyl groups excluding tert-OH is 2. The van der Waals surface area contributed by atoms with Crippen LogP contribution in [-0.4, -0.2) is 51.6 Å². The molecule has 0 saturated carbocycles. The third kappa shape index (κ3) is 3.66. The van der Waals surface area contributed by atoms with E-state index < -0.39 is 6.10 Å². The molecule has 1 heterocycles. The molecule has 3 N–H and O–H groups in total. The Bertz CT molecular complexity index is 440. The van der Waals surface area contributed by atoms with E-state index in [0.717, 1.165) is 0 Å². The van der Waals surface area contributed by atoms with Gasteiger partial charge in [-0.1, -0.05) is 0 Å². The van der Waals surface area contributed by atoms with E-state index in [1.807, 2.05) is 6.26 Å². The molecule has 1 amide bonds. The molecule has 1 unspecified atom stereocenters. The Balaban J connectivity index is 2.91. The molecular formula is C11H17N3O3S. The monoisotopic (exact) mass is 271 g/mol. The van der Waals surface area contributed by atoms with Gasteiger partial charge in [0.2, 0.25) is 0 Å². The molecule has 7 heteroatoms. The molecule has 6 nitrogen and oxygen atoms in total. The fourth-order valence-electron chi connectivity index (χ4n) is 1.45. The van der Waals surface area contributed by atoms with E-state index in [0.29, 0.717) is 22.1 Å². The lowest BCUT2D eigenvalue weighted by Gasteiger charge is -2.12. The fourth-order valence-corrected chi connectivity index (χ4v) is 2.12. The Hall–Kier alpha value is -1.18. The van der Waals surface area contributed by atoms with Crippen molar-refractivity contribution in [1.29, 1.82) is 0 Å². The van der Waals surface area contributed by atoms with Crippen molar-refractivity contribution >= 4 is 17.7 Å². The minimum absolute atomic E-state index is 0.00350. The van der Waals surface area contributed by atoms with Gasteiger partial charge in [0.15, 0.2) is 0 Å². The summed E-state index contributed by atoms with van der Waals surface area (Å²) < 4.78 is 0.